The first kappa shape index (κ1) is 26.8. The number of aromatic amines is 1. The summed E-state index contributed by atoms with van der Waals surface area (Å²) in [5.74, 6) is 0.192. The Kier molecular flexibility index (Phi) is 6.47. The molecule has 9 heteroatoms. The number of aryl methyl sites for hydroxylation is 2. The molecule has 0 unspecified atom stereocenters. The van der Waals surface area contributed by atoms with Crippen LogP contribution in [0.2, 0.25) is 0 Å². The maximum Gasteiger partial charge on any atom is 0.243 e. The number of benzene rings is 2. The van der Waals surface area contributed by atoms with E-state index < -0.39 is 6.04 Å². The van der Waals surface area contributed by atoms with Crippen LogP contribution in [-0.2, 0) is 16.0 Å². The van der Waals surface area contributed by atoms with Crippen LogP contribution in [0, 0.1) is 19.3 Å². The number of carbonyl (C=O) groups is 3. The number of nitrogens with zero attached hydrogens (tertiary/aromatic N) is 4. The number of likely N-dealkylation sites (tertiary alicyclic amines) is 1. The van der Waals surface area contributed by atoms with Gasteiger partial charge in [-0.1, -0.05) is 37.3 Å². The van der Waals surface area contributed by atoms with E-state index in [1.165, 1.54) is 6.92 Å². The highest BCUT2D eigenvalue weighted by atomic mass is 16.2. The molecule has 0 spiro atoms. The zero-order chi connectivity index (χ0) is 29.1. The van der Waals surface area contributed by atoms with Crippen LogP contribution in [0.1, 0.15) is 72.7 Å². The van der Waals surface area contributed by atoms with E-state index in [2.05, 4.69) is 32.4 Å². The Morgan fingerprint density at radius 2 is 1.83 bits per heavy atom. The van der Waals surface area contributed by atoms with Gasteiger partial charge in [-0.2, -0.15) is 5.10 Å². The number of hydrogen-bond donors (Lipinski definition) is 2. The lowest BCUT2D eigenvalue weighted by Crippen LogP contribution is -2.49. The van der Waals surface area contributed by atoms with Crippen LogP contribution in [0.25, 0.3) is 22.0 Å². The monoisotopic (exact) mass is 550 g/mol. The predicted octanol–water partition coefficient (Wildman–Crippen LogP) is 4.64. The van der Waals surface area contributed by atoms with Crippen molar-refractivity contribution in [3.63, 3.8) is 0 Å². The number of amides is 2. The van der Waals surface area contributed by atoms with E-state index >= 15 is 0 Å². The van der Waals surface area contributed by atoms with E-state index in [0.717, 1.165) is 28.7 Å². The standard InChI is InChI=1S/C32H34N6O3/c1-17-11-23(22-15-33-20(4)34-16-22)24(28-29(17)36-37-30(28)19(3)39)12-27(40)38-25(13-32(5)14-26(32)38)31(41)35-18(2)21-9-7-6-8-10-21/h6-11,15-16,18,25-26H,12-14H2,1-5H3,(H,35,41)(H,36,37)/t18-,25-,26+,32-/m0/s1. The molecule has 2 aromatic carbocycles. The normalized spacial score (nSPS) is 21.9. The number of fused-ring (bicyclic) bond motifs is 2. The number of hydrogen-bond acceptors (Lipinski definition) is 6. The average molecular weight is 551 g/mol. The number of Topliss-reactive ketones (excluding diaryl/α,β-unsaturated/α-hetero) is 1. The fourth-order valence-corrected chi connectivity index (χ4v) is 6.39. The third kappa shape index (κ3) is 4.69. The van der Waals surface area contributed by atoms with Crippen molar-refractivity contribution >= 4 is 28.5 Å². The molecular weight excluding hydrogens is 516 g/mol. The van der Waals surface area contributed by atoms with Gasteiger partial charge in [0.1, 0.15) is 17.6 Å². The zero-order valence-electron chi connectivity index (χ0n) is 24.0. The van der Waals surface area contributed by atoms with Crippen LogP contribution in [0.15, 0.2) is 48.8 Å². The summed E-state index contributed by atoms with van der Waals surface area (Å²) >= 11 is 0. The molecule has 4 aromatic rings. The fourth-order valence-electron chi connectivity index (χ4n) is 6.39. The molecule has 41 heavy (non-hydrogen) atoms. The van der Waals surface area contributed by atoms with Gasteiger partial charge in [0.05, 0.1) is 18.0 Å². The van der Waals surface area contributed by atoms with Gasteiger partial charge in [0.25, 0.3) is 0 Å². The lowest BCUT2D eigenvalue weighted by Gasteiger charge is -2.29. The van der Waals surface area contributed by atoms with Crippen LogP contribution in [0.3, 0.4) is 0 Å². The van der Waals surface area contributed by atoms with Gasteiger partial charge >= 0.3 is 0 Å². The van der Waals surface area contributed by atoms with Gasteiger partial charge in [-0.25, -0.2) is 9.97 Å². The second-order valence-electron chi connectivity index (χ2n) is 11.8. The van der Waals surface area contributed by atoms with Crippen molar-refractivity contribution in [2.24, 2.45) is 5.41 Å². The van der Waals surface area contributed by atoms with Crippen molar-refractivity contribution in [3.8, 4) is 11.1 Å². The molecule has 0 radical (unpaired) electrons. The summed E-state index contributed by atoms with van der Waals surface area (Å²) in [4.78, 5) is 51.0. The van der Waals surface area contributed by atoms with Crippen LogP contribution < -0.4 is 5.32 Å². The largest absolute Gasteiger partial charge is 0.348 e. The summed E-state index contributed by atoms with van der Waals surface area (Å²) in [6.45, 7) is 9.34. The number of H-pyrrole nitrogens is 1. The number of piperidine rings is 1. The van der Waals surface area contributed by atoms with E-state index in [9.17, 15) is 14.4 Å². The summed E-state index contributed by atoms with van der Waals surface area (Å²) < 4.78 is 0. The summed E-state index contributed by atoms with van der Waals surface area (Å²) in [5.41, 5.74) is 5.06. The van der Waals surface area contributed by atoms with E-state index in [1.807, 2.05) is 57.2 Å². The highest BCUT2D eigenvalue weighted by Gasteiger charge is 2.64. The highest BCUT2D eigenvalue weighted by Crippen LogP contribution is 2.59. The summed E-state index contributed by atoms with van der Waals surface area (Å²) in [6, 6.07) is 11.1. The third-order valence-corrected chi connectivity index (χ3v) is 8.78. The van der Waals surface area contributed by atoms with E-state index in [0.29, 0.717) is 34.4 Å². The molecule has 4 atom stereocenters. The fraction of sp³-hybridized carbons (Fsp3) is 0.375. The molecular formula is C32H34N6O3. The second-order valence-corrected chi connectivity index (χ2v) is 11.8. The molecule has 2 amide bonds. The first-order chi connectivity index (χ1) is 19.6. The number of nitrogens with one attached hydrogen (secondary N) is 2. The number of rotatable bonds is 7. The topological polar surface area (TPSA) is 121 Å². The molecule has 2 aliphatic rings. The number of carbonyl (C=O) groups excluding carboxylic acids is 3. The van der Waals surface area contributed by atoms with Gasteiger partial charge in [0, 0.05) is 36.3 Å². The van der Waals surface area contributed by atoms with Crippen LogP contribution in [0.5, 0.6) is 0 Å². The van der Waals surface area contributed by atoms with Gasteiger partial charge in [-0.15, -0.1) is 0 Å². The van der Waals surface area contributed by atoms with Crippen molar-refractivity contribution in [3.05, 3.63) is 77.0 Å². The quantitative estimate of drug-likeness (QED) is 0.324. The Morgan fingerprint density at radius 3 is 2.51 bits per heavy atom. The predicted molar refractivity (Wildman–Crippen MR) is 155 cm³/mol. The Balaban J connectivity index is 1.37. The van der Waals surface area contributed by atoms with E-state index in [4.69, 9.17) is 0 Å². The molecule has 0 bridgehead atoms. The Morgan fingerprint density at radius 1 is 1.12 bits per heavy atom. The number of ketones is 1. The first-order valence-corrected chi connectivity index (χ1v) is 14.0. The summed E-state index contributed by atoms with van der Waals surface area (Å²) in [5, 5.41) is 11.1. The maximum absolute atomic E-state index is 14.2. The molecule has 3 heterocycles. The van der Waals surface area contributed by atoms with Crippen molar-refractivity contribution in [2.75, 3.05) is 0 Å². The third-order valence-electron chi connectivity index (χ3n) is 8.78. The molecule has 2 N–H and O–H groups in total. The summed E-state index contributed by atoms with van der Waals surface area (Å²) in [7, 11) is 0. The van der Waals surface area contributed by atoms with Crippen LogP contribution in [-0.4, -0.2) is 54.7 Å². The zero-order valence-corrected chi connectivity index (χ0v) is 24.0. The van der Waals surface area contributed by atoms with Crippen LogP contribution in [0.4, 0.5) is 0 Å². The van der Waals surface area contributed by atoms with E-state index in [1.54, 1.807) is 17.3 Å². The molecule has 2 aromatic heterocycles. The van der Waals surface area contributed by atoms with Gasteiger partial charge in [0.15, 0.2) is 5.78 Å². The lowest BCUT2D eigenvalue weighted by atomic mass is 9.91. The Bertz CT molecular complexity index is 1680. The minimum atomic E-state index is -0.555. The van der Waals surface area contributed by atoms with Crippen molar-refractivity contribution in [1.82, 2.24) is 30.4 Å². The molecule has 210 valence electrons. The van der Waals surface area contributed by atoms with Gasteiger partial charge in [-0.05, 0) is 67.3 Å². The molecule has 1 aliphatic carbocycles. The minimum Gasteiger partial charge on any atom is -0.348 e. The first-order valence-electron chi connectivity index (χ1n) is 14.0. The van der Waals surface area contributed by atoms with E-state index in [-0.39, 0.29) is 41.5 Å². The van der Waals surface area contributed by atoms with Crippen molar-refractivity contribution in [1.29, 1.82) is 0 Å². The van der Waals surface area contributed by atoms with Gasteiger partial charge < -0.3 is 10.2 Å². The minimum absolute atomic E-state index is 0.0153. The molecule has 1 saturated carbocycles. The SMILES string of the molecule is CC(=O)c1[nH]nc2c(C)cc(-c3cnc(C)nc3)c(CC(=O)N3[C@H](C(=O)N[C@@H](C)c4ccccc4)C[C@@]4(C)C[C@@H]34)c12. The summed E-state index contributed by atoms with van der Waals surface area (Å²) in [6.07, 6.45) is 5.00. The smallest absolute Gasteiger partial charge is 0.243 e. The Hall–Kier alpha value is -4.40. The highest BCUT2D eigenvalue weighted by molar-refractivity contribution is 6.09. The lowest BCUT2D eigenvalue weighted by molar-refractivity contribution is -0.139. The second kappa shape index (κ2) is 9.90. The van der Waals surface area contributed by atoms with Crippen molar-refractivity contribution in [2.45, 2.75) is 72.0 Å². The average Bonchev–Trinajstić information content (AvgIpc) is 3.27. The van der Waals surface area contributed by atoms with Gasteiger partial charge in [0.2, 0.25) is 11.8 Å². The maximum atomic E-state index is 14.2. The van der Waals surface area contributed by atoms with Crippen LogP contribution >= 0.6 is 0 Å². The van der Waals surface area contributed by atoms with Gasteiger partial charge in [-0.3, -0.25) is 19.5 Å². The molecule has 1 saturated heterocycles. The molecule has 1 aliphatic heterocycles. The molecule has 6 rings (SSSR count). The Labute approximate surface area is 238 Å². The molecule has 2 fully saturated rings. The molecule has 9 nitrogen and oxygen atoms in total. The van der Waals surface area contributed by atoms with Crippen molar-refractivity contribution < 1.29 is 14.4 Å². The number of aromatic nitrogens is 4.